The van der Waals surface area contributed by atoms with E-state index in [-0.39, 0.29) is 36.8 Å². The van der Waals surface area contributed by atoms with Crippen LogP contribution in [0.3, 0.4) is 0 Å². The van der Waals surface area contributed by atoms with E-state index in [1.54, 1.807) is 18.9 Å². The summed E-state index contributed by atoms with van der Waals surface area (Å²) in [5.41, 5.74) is 1.28. The monoisotopic (exact) mass is 660 g/mol. The summed E-state index contributed by atoms with van der Waals surface area (Å²) < 4.78 is 17.6. The molecule has 10 nitrogen and oxygen atoms in total. The third-order valence-electron chi connectivity index (χ3n) is 9.37. The van der Waals surface area contributed by atoms with Crippen molar-refractivity contribution < 1.29 is 28.6 Å². The predicted octanol–water partition coefficient (Wildman–Crippen LogP) is 6.19. The van der Waals surface area contributed by atoms with Gasteiger partial charge in [0, 0.05) is 41.7 Å². The standard InChI is InChI=1S/C36H44N4O6S/c1-5-45-35(43)36-19-23(36)12-10-8-6-7-9-11-13-32(41)40-20-25(17-30(40)33(42)39-36)46-31-18-28(34-38-29(21-47-34)22(2)3)37-27-16-24(44-4)14-15-26(27)31/h10,12,14-16,18,21-23,25,30H,5-9,11,13,17,19-20H2,1-4H3,(H,39,42)/b12-10-/t23-,25-,30+,36-/m1/s1. The first kappa shape index (κ1) is 32.9. The average molecular weight is 661 g/mol. The average Bonchev–Trinajstić information content (AvgIpc) is 3.37. The van der Waals surface area contributed by atoms with Crippen LogP contribution in [0.1, 0.15) is 83.7 Å². The highest BCUT2D eigenvalue weighted by molar-refractivity contribution is 7.13. The maximum absolute atomic E-state index is 14.0. The normalized spacial score (nSPS) is 25.7. The number of ether oxygens (including phenoxy) is 3. The van der Waals surface area contributed by atoms with Gasteiger partial charge in [0.2, 0.25) is 11.8 Å². The lowest BCUT2D eigenvalue weighted by atomic mass is 10.1. The Bertz CT molecular complexity index is 1670. The molecule has 4 heterocycles. The van der Waals surface area contributed by atoms with Gasteiger partial charge in [0.05, 0.1) is 31.5 Å². The van der Waals surface area contributed by atoms with Crippen molar-refractivity contribution in [2.45, 2.75) is 95.7 Å². The van der Waals surface area contributed by atoms with Crippen LogP contribution in [0.4, 0.5) is 0 Å². The second kappa shape index (κ2) is 14.0. The van der Waals surface area contributed by atoms with Crippen LogP contribution in [-0.4, -0.2) is 70.6 Å². The predicted molar refractivity (Wildman–Crippen MR) is 180 cm³/mol. The number of nitrogens with one attached hydrogen (secondary N) is 1. The number of benzene rings is 1. The molecular weight excluding hydrogens is 616 g/mol. The minimum atomic E-state index is -1.10. The van der Waals surface area contributed by atoms with Crippen molar-refractivity contribution in [1.29, 1.82) is 0 Å². The first-order chi connectivity index (χ1) is 22.7. The van der Waals surface area contributed by atoms with E-state index in [1.165, 1.54) is 11.3 Å². The number of carbonyl (C=O) groups excluding carboxylic acids is 3. The van der Waals surface area contributed by atoms with E-state index in [2.05, 4.69) is 25.2 Å². The molecule has 1 saturated heterocycles. The van der Waals surface area contributed by atoms with Gasteiger partial charge < -0.3 is 24.4 Å². The van der Waals surface area contributed by atoms with Crippen molar-refractivity contribution in [2.75, 3.05) is 20.3 Å². The molecule has 2 aromatic heterocycles. The van der Waals surface area contributed by atoms with Crippen molar-refractivity contribution >= 4 is 40.0 Å². The molecule has 2 fully saturated rings. The fraction of sp³-hybridized carbons (Fsp3) is 0.528. The molecule has 250 valence electrons. The highest BCUT2D eigenvalue weighted by Crippen LogP contribution is 2.46. The van der Waals surface area contributed by atoms with Crippen LogP contribution in [0.5, 0.6) is 11.5 Å². The van der Waals surface area contributed by atoms with Gasteiger partial charge in [-0.1, -0.05) is 38.8 Å². The number of aromatic nitrogens is 2. The Balaban J connectivity index is 1.30. The lowest BCUT2D eigenvalue weighted by Crippen LogP contribution is -2.53. The fourth-order valence-electron chi connectivity index (χ4n) is 6.57. The Morgan fingerprint density at radius 3 is 2.74 bits per heavy atom. The largest absolute Gasteiger partial charge is 0.497 e. The summed E-state index contributed by atoms with van der Waals surface area (Å²) in [4.78, 5) is 52.1. The van der Waals surface area contributed by atoms with Crippen LogP contribution in [-0.2, 0) is 19.1 Å². The maximum Gasteiger partial charge on any atom is 0.332 e. The second-order valence-corrected chi connectivity index (χ2v) is 13.9. The number of hydrogen-bond acceptors (Lipinski definition) is 9. The van der Waals surface area contributed by atoms with Gasteiger partial charge in [0.15, 0.2) is 0 Å². The Labute approximate surface area is 279 Å². The number of methoxy groups -OCH3 is 1. The molecule has 3 aliphatic rings. The zero-order chi connectivity index (χ0) is 33.1. The SMILES string of the molecule is CCOC(=O)[C@@]12C[C@H]1/C=C\CCCCCCC(=O)N1C[C@H](Oc3cc(-c4nc(C(C)C)cs4)nc4cc(OC)ccc34)C[C@H]1C(=O)N2. The molecule has 2 aliphatic heterocycles. The van der Waals surface area contributed by atoms with Gasteiger partial charge in [-0.2, -0.15) is 0 Å². The molecule has 0 radical (unpaired) electrons. The van der Waals surface area contributed by atoms with Crippen LogP contribution in [0.25, 0.3) is 21.6 Å². The smallest absolute Gasteiger partial charge is 0.332 e. The maximum atomic E-state index is 14.0. The van der Waals surface area contributed by atoms with Gasteiger partial charge in [0.1, 0.15) is 39.9 Å². The molecule has 4 atom stereocenters. The highest BCUT2D eigenvalue weighted by atomic mass is 32.1. The van der Waals surface area contributed by atoms with Crippen LogP contribution in [0.2, 0.25) is 0 Å². The molecule has 1 saturated carbocycles. The number of allylic oxidation sites excluding steroid dienone is 1. The molecule has 1 aliphatic carbocycles. The molecule has 2 amide bonds. The molecule has 6 rings (SSSR count). The van der Waals surface area contributed by atoms with E-state index in [9.17, 15) is 14.4 Å². The van der Waals surface area contributed by atoms with E-state index in [0.717, 1.165) is 48.2 Å². The zero-order valence-corrected chi connectivity index (χ0v) is 28.4. The fourth-order valence-corrected chi connectivity index (χ4v) is 7.52. The van der Waals surface area contributed by atoms with Crippen LogP contribution in [0, 0.1) is 5.92 Å². The summed E-state index contributed by atoms with van der Waals surface area (Å²) in [6.07, 6.45) is 9.49. The molecule has 1 aromatic carbocycles. The lowest BCUT2D eigenvalue weighted by Gasteiger charge is -2.26. The van der Waals surface area contributed by atoms with Crippen molar-refractivity contribution in [1.82, 2.24) is 20.2 Å². The Morgan fingerprint density at radius 1 is 1.15 bits per heavy atom. The number of nitrogens with zero attached hydrogens (tertiary/aromatic N) is 3. The number of pyridine rings is 1. The van der Waals surface area contributed by atoms with Crippen LogP contribution < -0.4 is 14.8 Å². The second-order valence-electron chi connectivity index (χ2n) is 13.0. The van der Waals surface area contributed by atoms with Gasteiger partial charge >= 0.3 is 5.97 Å². The van der Waals surface area contributed by atoms with Crippen LogP contribution in [0.15, 0.2) is 41.8 Å². The number of carbonyl (C=O) groups is 3. The minimum absolute atomic E-state index is 0.0733. The van der Waals surface area contributed by atoms with E-state index in [0.29, 0.717) is 42.0 Å². The van der Waals surface area contributed by atoms with E-state index in [4.69, 9.17) is 24.2 Å². The Kier molecular flexibility index (Phi) is 9.82. The first-order valence-electron chi connectivity index (χ1n) is 16.8. The number of rotatable bonds is 7. The summed E-state index contributed by atoms with van der Waals surface area (Å²) in [6.45, 7) is 6.46. The lowest BCUT2D eigenvalue weighted by molar-refractivity contribution is -0.150. The minimum Gasteiger partial charge on any atom is -0.497 e. The van der Waals surface area contributed by atoms with Crippen molar-refractivity contribution in [2.24, 2.45) is 5.92 Å². The number of fused-ring (bicyclic) bond motifs is 3. The summed E-state index contributed by atoms with van der Waals surface area (Å²) in [7, 11) is 1.62. The summed E-state index contributed by atoms with van der Waals surface area (Å²) in [5, 5.41) is 6.67. The summed E-state index contributed by atoms with van der Waals surface area (Å²) in [5.74, 6) is 0.582. The Morgan fingerprint density at radius 2 is 1.98 bits per heavy atom. The van der Waals surface area contributed by atoms with E-state index < -0.39 is 23.7 Å². The van der Waals surface area contributed by atoms with Gasteiger partial charge in [-0.15, -0.1) is 11.3 Å². The van der Waals surface area contributed by atoms with Crippen molar-refractivity contribution in [3.8, 4) is 22.2 Å². The third-order valence-corrected chi connectivity index (χ3v) is 10.3. The molecule has 0 spiro atoms. The molecule has 3 aromatic rings. The molecule has 1 N–H and O–H groups in total. The van der Waals surface area contributed by atoms with E-state index in [1.807, 2.05) is 35.7 Å². The quantitative estimate of drug-likeness (QED) is 0.236. The van der Waals surface area contributed by atoms with Crippen molar-refractivity contribution in [3.05, 3.63) is 47.5 Å². The van der Waals surface area contributed by atoms with E-state index >= 15 is 0 Å². The molecule has 0 bridgehead atoms. The number of amides is 2. The number of hydrogen-bond donors (Lipinski definition) is 1. The van der Waals surface area contributed by atoms with Gasteiger partial charge in [-0.3, -0.25) is 9.59 Å². The molecule has 11 heteroatoms. The van der Waals surface area contributed by atoms with Crippen LogP contribution >= 0.6 is 11.3 Å². The molecule has 0 unspecified atom stereocenters. The highest BCUT2D eigenvalue weighted by Gasteiger charge is 2.62. The van der Waals surface area contributed by atoms with Gasteiger partial charge in [-0.25, -0.2) is 14.8 Å². The Hall–Kier alpha value is -3.99. The van der Waals surface area contributed by atoms with Crippen molar-refractivity contribution in [3.63, 3.8) is 0 Å². The third kappa shape index (κ3) is 7.00. The first-order valence-corrected chi connectivity index (χ1v) is 17.7. The molecular formula is C36H44N4O6S. The molecule has 47 heavy (non-hydrogen) atoms. The topological polar surface area (TPSA) is 120 Å². The summed E-state index contributed by atoms with van der Waals surface area (Å²) in [6, 6.07) is 6.77. The summed E-state index contributed by atoms with van der Waals surface area (Å²) >= 11 is 1.53. The van der Waals surface area contributed by atoms with Gasteiger partial charge in [-0.05, 0) is 50.7 Å². The number of esters is 1. The van der Waals surface area contributed by atoms with Gasteiger partial charge in [0.25, 0.3) is 0 Å². The zero-order valence-electron chi connectivity index (χ0n) is 27.6. The number of thiazole rings is 1.